The summed E-state index contributed by atoms with van der Waals surface area (Å²) in [5, 5.41) is 10.3. The Morgan fingerprint density at radius 1 is 0.833 bits per heavy atom. The van der Waals surface area contributed by atoms with E-state index in [0.29, 0.717) is 17.2 Å². The molecule has 0 atom stereocenters. The molecule has 2 heterocycles. The fourth-order valence-electron chi connectivity index (χ4n) is 3.85. The van der Waals surface area contributed by atoms with Crippen LogP contribution >= 0.6 is 0 Å². The quantitative estimate of drug-likeness (QED) is 0.304. The molecule has 0 aliphatic carbocycles. The molecule has 0 unspecified atom stereocenters. The van der Waals surface area contributed by atoms with Crippen molar-refractivity contribution in [2.45, 2.75) is 12.7 Å². The molecule has 0 aliphatic rings. The molecule has 0 radical (unpaired) electrons. The van der Waals surface area contributed by atoms with E-state index in [1.807, 2.05) is 48.5 Å². The molecule has 1 amide bonds. The van der Waals surface area contributed by atoms with Gasteiger partial charge < -0.3 is 10.6 Å². The zero-order valence-corrected chi connectivity index (χ0v) is 18.8. The summed E-state index contributed by atoms with van der Waals surface area (Å²) >= 11 is 0. The summed E-state index contributed by atoms with van der Waals surface area (Å²) in [4.78, 5) is 17.1. The van der Waals surface area contributed by atoms with Gasteiger partial charge in [0.2, 0.25) is 5.95 Å². The van der Waals surface area contributed by atoms with Gasteiger partial charge in [0, 0.05) is 23.4 Å². The number of nitrogens with zero attached hydrogens (tertiary/aromatic N) is 3. The van der Waals surface area contributed by atoms with Crippen molar-refractivity contribution in [3.8, 4) is 11.3 Å². The van der Waals surface area contributed by atoms with Gasteiger partial charge in [-0.05, 0) is 48.0 Å². The van der Waals surface area contributed by atoms with Crippen LogP contribution in [-0.4, -0.2) is 20.5 Å². The van der Waals surface area contributed by atoms with Crippen molar-refractivity contribution in [1.82, 2.24) is 19.9 Å². The van der Waals surface area contributed by atoms with Crippen molar-refractivity contribution in [3.63, 3.8) is 0 Å². The lowest BCUT2D eigenvalue weighted by molar-refractivity contribution is -0.138. The SMILES string of the molecule is O=C(NCc1ccccc1C(F)(F)F)c1ccc(-c2cccc3nc(Nc4ccccc4)nn23)cc1. The maximum absolute atomic E-state index is 13.2. The van der Waals surface area contributed by atoms with Crippen LogP contribution in [-0.2, 0) is 12.7 Å². The van der Waals surface area contributed by atoms with Crippen molar-refractivity contribution < 1.29 is 18.0 Å². The van der Waals surface area contributed by atoms with Crippen LogP contribution in [0.3, 0.4) is 0 Å². The van der Waals surface area contributed by atoms with Gasteiger partial charge in [-0.1, -0.05) is 54.6 Å². The summed E-state index contributed by atoms with van der Waals surface area (Å²) in [7, 11) is 0. The summed E-state index contributed by atoms with van der Waals surface area (Å²) in [6.07, 6.45) is -4.48. The van der Waals surface area contributed by atoms with Gasteiger partial charge in [-0.15, -0.1) is 5.10 Å². The minimum atomic E-state index is -4.48. The average Bonchev–Trinajstić information content (AvgIpc) is 3.30. The highest BCUT2D eigenvalue weighted by Gasteiger charge is 2.32. The molecule has 36 heavy (non-hydrogen) atoms. The Bertz CT molecular complexity index is 1510. The average molecular weight is 487 g/mol. The molecule has 5 aromatic rings. The zero-order chi connectivity index (χ0) is 25.1. The fraction of sp³-hybridized carbons (Fsp3) is 0.0741. The minimum absolute atomic E-state index is 0.00717. The first kappa shape index (κ1) is 23.1. The van der Waals surface area contributed by atoms with Crippen LogP contribution < -0.4 is 10.6 Å². The van der Waals surface area contributed by atoms with E-state index in [9.17, 15) is 18.0 Å². The predicted octanol–water partition coefficient (Wildman–Crippen LogP) is 6.09. The highest BCUT2D eigenvalue weighted by atomic mass is 19.4. The molecule has 180 valence electrons. The third-order valence-corrected chi connectivity index (χ3v) is 5.59. The number of pyridine rings is 1. The van der Waals surface area contributed by atoms with Gasteiger partial charge in [-0.25, -0.2) is 4.52 Å². The number of rotatable bonds is 6. The lowest BCUT2D eigenvalue weighted by Gasteiger charge is -2.13. The molecule has 0 saturated heterocycles. The Labute approximate surface area is 204 Å². The van der Waals surface area contributed by atoms with E-state index in [-0.39, 0.29) is 12.1 Å². The molecule has 0 fully saturated rings. The largest absolute Gasteiger partial charge is 0.416 e. The number of hydrogen-bond acceptors (Lipinski definition) is 4. The lowest BCUT2D eigenvalue weighted by Crippen LogP contribution is -2.24. The number of halogens is 3. The zero-order valence-electron chi connectivity index (χ0n) is 18.8. The predicted molar refractivity (Wildman–Crippen MR) is 131 cm³/mol. The van der Waals surface area contributed by atoms with Gasteiger partial charge in [-0.3, -0.25) is 4.79 Å². The maximum Gasteiger partial charge on any atom is 0.416 e. The lowest BCUT2D eigenvalue weighted by atomic mass is 10.1. The van der Waals surface area contributed by atoms with E-state index in [1.165, 1.54) is 18.2 Å². The van der Waals surface area contributed by atoms with E-state index in [0.717, 1.165) is 23.0 Å². The van der Waals surface area contributed by atoms with E-state index < -0.39 is 17.6 Å². The summed E-state index contributed by atoms with van der Waals surface area (Å²) in [5.41, 5.74) is 2.66. The third-order valence-electron chi connectivity index (χ3n) is 5.59. The standard InChI is InChI=1S/C27H20F3N5O/c28-27(29,30)22-10-5-4-7-20(22)17-31-25(36)19-15-13-18(14-16-19)23-11-6-12-24-33-26(34-35(23)24)32-21-8-2-1-3-9-21/h1-16H,17H2,(H,31,36)(H,32,34). The van der Waals surface area contributed by atoms with Crippen molar-refractivity contribution >= 4 is 23.2 Å². The minimum Gasteiger partial charge on any atom is -0.348 e. The fourth-order valence-corrected chi connectivity index (χ4v) is 3.85. The third kappa shape index (κ3) is 4.90. The van der Waals surface area contributed by atoms with Crippen LogP contribution in [0.4, 0.5) is 24.8 Å². The molecule has 2 aromatic heterocycles. The molecular weight excluding hydrogens is 467 g/mol. The molecule has 2 N–H and O–H groups in total. The normalized spacial score (nSPS) is 11.4. The van der Waals surface area contributed by atoms with Crippen LogP contribution in [0.2, 0.25) is 0 Å². The molecule has 9 heteroatoms. The summed E-state index contributed by atoms with van der Waals surface area (Å²) in [6, 6.07) is 27.1. The maximum atomic E-state index is 13.2. The summed E-state index contributed by atoms with van der Waals surface area (Å²) in [5.74, 6) is -0.0179. The Kier molecular flexibility index (Phi) is 6.12. The van der Waals surface area contributed by atoms with E-state index in [1.54, 1.807) is 28.8 Å². The highest BCUT2D eigenvalue weighted by Crippen LogP contribution is 2.31. The molecule has 0 spiro atoms. The van der Waals surface area contributed by atoms with Crippen molar-refractivity contribution in [2.75, 3.05) is 5.32 Å². The highest BCUT2D eigenvalue weighted by molar-refractivity contribution is 5.94. The number of carbonyl (C=O) groups is 1. The van der Waals surface area contributed by atoms with Crippen LogP contribution in [0.5, 0.6) is 0 Å². The molecule has 0 saturated carbocycles. The first-order chi connectivity index (χ1) is 17.4. The number of nitrogens with one attached hydrogen (secondary N) is 2. The second kappa shape index (κ2) is 9.53. The van der Waals surface area contributed by atoms with Crippen molar-refractivity contribution in [2.24, 2.45) is 0 Å². The Morgan fingerprint density at radius 3 is 2.31 bits per heavy atom. The summed E-state index contributed by atoms with van der Waals surface area (Å²) in [6.45, 7) is -0.230. The van der Waals surface area contributed by atoms with Crippen LogP contribution in [0.15, 0.2) is 97.1 Å². The van der Waals surface area contributed by atoms with Crippen molar-refractivity contribution in [3.05, 3.63) is 114 Å². The first-order valence-electron chi connectivity index (χ1n) is 11.1. The second-order valence-corrected chi connectivity index (χ2v) is 8.02. The van der Waals surface area contributed by atoms with E-state index in [4.69, 9.17) is 0 Å². The molecular formula is C27H20F3N5O. The number of anilines is 2. The van der Waals surface area contributed by atoms with Gasteiger partial charge >= 0.3 is 6.18 Å². The number of para-hydroxylation sites is 1. The van der Waals surface area contributed by atoms with Crippen LogP contribution in [0.1, 0.15) is 21.5 Å². The number of alkyl halides is 3. The van der Waals surface area contributed by atoms with E-state index >= 15 is 0 Å². The number of hydrogen-bond donors (Lipinski definition) is 2. The molecule has 6 nitrogen and oxygen atoms in total. The topological polar surface area (TPSA) is 71.3 Å². The Hall–Kier alpha value is -4.66. The molecule has 0 bridgehead atoms. The smallest absolute Gasteiger partial charge is 0.348 e. The summed E-state index contributed by atoms with van der Waals surface area (Å²) < 4.78 is 41.3. The van der Waals surface area contributed by atoms with Gasteiger partial charge in [0.15, 0.2) is 5.65 Å². The monoisotopic (exact) mass is 487 g/mol. The number of aromatic nitrogens is 3. The Morgan fingerprint density at radius 2 is 1.56 bits per heavy atom. The molecule has 3 aromatic carbocycles. The number of benzene rings is 3. The molecule has 0 aliphatic heterocycles. The van der Waals surface area contributed by atoms with Gasteiger partial charge in [0.25, 0.3) is 5.91 Å². The second-order valence-electron chi connectivity index (χ2n) is 8.02. The van der Waals surface area contributed by atoms with Gasteiger partial charge in [0.1, 0.15) is 0 Å². The van der Waals surface area contributed by atoms with Crippen LogP contribution in [0, 0.1) is 0 Å². The van der Waals surface area contributed by atoms with E-state index in [2.05, 4.69) is 20.7 Å². The molecule has 5 rings (SSSR count). The number of carbonyl (C=O) groups excluding carboxylic acids is 1. The Balaban J connectivity index is 1.33. The first-order valence-corrected chi connectivity index (χ1v) is 11.1. The van der Waals surface area contributed by atoms with Crippen molar-refractivity contribution in [1.29, 1.82) is 0 Å². The van der Waals surface area contributed by atoms with Gasteiger partial charge in [-0.2, -0.15) is 18.2 Å². The van der Waals surface area contributed by atoms with Gasteiger partial charge in [0.05, 0.1) is 11.3 Å². The van der Waals surface area contributed by atoms with Crippen LogP contribution in [0.25, 0.3) is 16.9 Å². The number of fused-ring (bicyclic) bond motifs is 1. The number of amides is 1.